The molecule has 1 atom stereocenters. The summed E-state index contributed by atoms with van der Waals surface area (Å²) in [4.78, 5) is 23.0. The topological polar surface area (TPSA) is 75.6 Å². The first-order valence-corrected chi connectivity index (χ1v) is 6.99. The number of aliphatic carboxylic acids is 1. The summed E-state index contributed by atoms with van der Waals surface area (Å²) in [6, 6.07) is 4.46. The summed E-state index contributed by atoms with van der Waals surface area (Å²) in [7, 11) is 1.53. The van der Waals surface area contributed by atoms with Crippen LogP contribution in [0.25, 0.3) is 0 Å². The van der Waals surface area contributed by atoms with Crippen LogP contribution in [0.3, 0.4) is 0 Å². The van der Waals surface area contributed by atoms with Gasteiger partial charge < -0.3 is 15.2 Å². The number of hydrogen-bond donors (Lipinski definition) is 2. The van der Waals surface area contributed by atoms with Crippen molar-refractivity contribution in [1.82, 2.24) is 5.32 Å². The highest BCUT2D eigenvalue weighted by Gasteiger charge is 2.23. The Morgan fingerprint density at radius 1 is 1.40 bits per heavy atom. The van der Waals surface area contributed by atoms with E-state index in [1.807, 2.05) is 6.07 Å². The van der Waals surface area contributed by atoms with Crippen LogP contribution in [0.1, 0.15) is 19.4 Å². The van der Waals surface area contributed by atoms with E-state index in [-0.39, 0.29) is 18.2 Å². The van der Waals surface area contributed by atoms with Gasteiger partial charge in [-0.2, -0.15) is 0 Å². The molecular weight excluding hydrogens is 326 g/mol. The van der Waals surface area contributed by atoms with E-state index in [4.69, 9.17) is 9.84 Å². The van der Waals surface area contributed by atoms with Gasteiger partial charge in [0.2, 0.25) is 5.91 Å². The fourth-order valence-electron chi connectivity index (χ4n) is 1.80. The first kappa shape index (κ1) is 16.5. The molecule has 0 spiro atoms. The van der Waals surface area contributed by atoms with Gasteiger partial charge in [0.25, 0.3) is 0 Å². The maximum absolute atomic E-state index is 12.0. The van der Waals surface area contributed by atoms with E-state index in [1.54, 1.807) is 26.0 Å². The minimum absolute atomic E-state index is 0.0686. The van der Waals surface area contributed by atoms with Crippen LogP contribution in [0.4, 0.5) is 0 Å². The van der Waals surface area contributed by atoms with Gasteiger partial charge in [0, 0.05) is 10.0 Å². The maximum atomic E-state index is 12.0. The Labute approximate surface area is 126 Å². The van der Waals surface area contributed by atoms with Crippen molar-refractivity contribution in [3.05, 3.63) is 28.2 Å². The quantitative estimate of drug-likeness (QED) is 0.830. The first-order valence-electron chi connectivity index (χ1n) is 6.19. The summed E-state index contributed by atoms with van der Waals surface area (Å²) in [6.07, 6.45) is 0.0686. The number of amides is 1. The highest BCUT2D eigenvalue weighted by Crippen LogP contribution is 2.23. The lowest BCUT2D eigenvalue weighted by molar-refractivity contribution is -0.143. The predicted molar refractivity (Wildman–Crippen MR) is 78.8 cm³/mol. The smallest absolute Gasteiger partial charge is 0.326 e. The molecule has 0 aliphatic carbocycles. The van der Waals surface area contributed by atoms with E-state index < -0.39 is 12.0 Å². The van der Waals surface area contributed by atoms with Crippen molar-refractivity contribution in [2.24, 2.45) is 5.92 Å². The lowest BCUT2D eigenvalue weighted by Gasteiger charge is -2.18. The Balaban J connectivity index is 2.80. The standard InChI is InChI=1S/C14H18BrNO4/c1-8(2)13(14(18)19)16-12(17)7-9-6-10(15)4-5-11(9)20-3/h4-6,8,13H,7H2,1-3H3,(H,16,17)(H,18,19)/t13-/m0/s1. The molecule has 0 radical (unpaired) electrons. The fourth-order valence-corrected chi connectivity index (χ4v) is 2.20. The molecule has 6 heteroatoms. The molecule has 0 aromatic heterocycles. The number of methoxy groups -OCH3 is 1. The largest absolute Gasteiger partial charge is 0.496 e. The fraction of sp³-hybridized carbons (Fsp3) is 0.429. The molecule has 0 heterocycles. The monoisotopic (exact) mass is 343 g/mol. The van der Waals surface area contributed by atoms with Gasteiger partial charge in [-0.25, -0.2) is 4.79 Å². The lowest BCUT2D eigenvalue weighted by Crippen LogP contribution is -2.44. The third-order valence-corrected chi connectivity index (χ3v) is 3.34. The average molecular weight is 344 g/mol. The summed E-state index contributed by atoms with van der Waals surface area (Å²) < 4.78 is 6.02. The third kappa shape index (κ3) is 4.52. The highest BCUT2D eigenvalue weighted by molar-refractivity contribution is 9.10. The zero-order chi connectivity index (χ0) is 15.3. The number of nitrogens with one attached hydrogen (secondary N) is 1. The molecule has 2 N–H and O–H groups in total. The molecule has 0 fully saturated rings. The Hall–Kier alpha value is -1.56. The number of halogens is 1. The van der Waals surface area contributed by atoms with Gasteiger partial charge in [0.15, 0.2) is 0 Å². The van der Waals surface area contributed by atoms with Gasteiger partial charge in [0.05, 0.1) is 13.5 Å². The Bertz CT molecular complexity index is 502. The molecule has 1 amide bonds. The Morgan fingerprint density at radius 2 is 2.05 bits per heavy atom. The van der Waals surface area contributed by atoms with Crippen LogP contribution in [0, 0.1) is 5.92 Å². The van der Waals surface area contributed by atoms with Gasteiger partial charge in [0.1, 0.15) is 11.8 Å². The van der Waals surface area contributed by atoms with E-state index in [0.717, 1.165) is 4.47 Å². The average Bonchev–Trinajstić information content (AvgIpc) is 2.35. The predicted octanol–water partition coefficient (Wildman–Crippen LogP) is 2.23. The summed E-state index contributed by atoms with van der Waals surface area (Å²) >= 11 is 3.33. The minimum Gasteiger partial charge on any atom is -0.496 e. The molecular formula is C14H18BrNO4. The van der Waals surface area contributed by atoms with Crippen molar-refractivity contribution in [3.8, 4) is 5.75 Å². The van der Waals surface area contributed by atoms with Gasteiger partial charge >= 0.3 is 5.97 Å². The van der Waals surface area contributed by atoms with Crippen LogP contribution >= 0.6 is 15.9 Å². The number of hydrogen-bond acceptors (Lipinski definition) is 3. The number of carbonyl (C=O) groups excluding carboxylic acids is 1. The molecule has 20 heavy (non-hydrogen) atoms. The normalized spacial score (nSPS) is 12.1. The van der Waals surface area contributed by atoms with Crippen LogP contribution in [0.15, 0.2) is 22.7 Å². The third-order valence-electron chi connectivity index (χ3n) is 2.84. The summed E-state index contributed by atoms with van der Waals surface area (Å²) in [5.74, 6) is -0.960. The van der Waals surface area contributed by atoms with Crippen LogP contribution in [0.2, 0.25) is 0 Å². The van der Waals surface area contributed by atoms with Gasteiger partial charge in [-0.1, -0.05) is 29.8 Å². The van der Waals surface area contributed by atoms with Crippen molar-refractivity contribution in [2.45, 2.75) is 26.3 Å². The number of carbonyl (C=O) groups is 2. The minimum atomic E-state index is -1.03. The summed E-state index contributed by atoms with van der Waals surface area (Å²) in [6.45, 7) is 3.50. The van der Waals surface area contributed by atoms with Crippen LogP contribution in [-0.4, -0.2) is 30.1 Å². The molecule has 0 saturated carbocycles. The second-order valence-corrected chi connectivity index (χ2v) is 5.68. The van der Waals surface area contributed by atoms with E-state index in [2.05, 4.69) is 21.2 Å². The van der Waals surface area contributed by atoms with Crippen molar-refractivity contribution < 1.29 is 19.4 Å². The maximum Gasteiger partial charge on any atom is 0.326 e. The summed E-state index contributed by atoms with van der Waals surface area (Å²) in [5, 5.41) is 11.6. The van der Waals surface area contributed by atoms with Crippen molar-refractivity contribution >= 4 is 27.8 Å². The number of carboxylic acid groups (broad SMARTS) is 1. The zero-order valence-electron chi connectivity index (χ0n) is 11.6. The Kier molecular flexibility index (Phi) is 6.01. The van der Waals surface area contributed by atoms with Crippen LogP contribution in [-0.2, 0) is 16.0 Å². The second kappa shape index (κ2) is 7.28. The molecule has 0 unspecified atom stereocenters. The van der Waals surface area contributed by atoms with E-state index in [9.17, 15) is 9.59 Å². The molecule has 0 aliphatic rings. The number of ether oxygens (including phenoxy) is 1. The van der Waals surface area contributed by atoms with Gasteiger partial charge in [-0.3, -0.25) is 4.79 Å². The van der Waals surface area contributed by atoms with E-state index in [0.29, 0.717) is 11.3 Å². The molecule has 0 aliphatic heterocycles. The highest BCUT2D eigenvalue weighted by atomic mass is 79.9. The van der Waals surface area contributed by atoms with Gasteiger partial charge in [-0.05, 0) is 24.1 Å². The summed E-state index contributed by atoms with van der Waals surface area (Å²) in [5.41, 5.74) is 0.701. The lowest BCUT2D eigenvalue weighted by atomic mass is 10.0. The SMILES string of the molecule is COc1ccc(Br)cc1CC(=O)N[C@H](C(=O)O)C(C)C. The van der Waals surface area contributed by atoms with Crippen molar-refractivity contribution in [1.29, 1.82) is 0 Å². The van der Waals surface area contributed by atoms with Gasteiger partial charge in [-0.15, -0.1) is 0 Å². The van der Waals surface area contributed by atoms with Crippen molar-refractivity contribution in [2.75, 3.05) is 7.11 Å². The molecule has 1 aromatic rings. The Morgan fingerprint density at radius 3 is 2.55 bits per heavy atom. The van der Waals surface area contributed by atoms with Crippen LogP contribution in [0.5, 0.6) is 5.75 Å². The number of carboxylic acids is 1. The van der Waals surface area contributed by atoms with Crippen LogP contribution < -0.4 is 10.1 Å². The van der Waals surface area contributed by atoms with E-state index in [1.165, 1.54) is 7.11 Å². The van der Waals surface area contributed by atoms with Crippen molar-refractivity contribution in [3.63, 3.8) is 0 Å². The zero-order valence-corrected chi connectivity index (χ0v) is 13.2. The first-order chi connectivity index (χ1) is 9.35. The molecule has 5 nitrogen and oxygen atoms in total. The molecule has 1 aromatic carbocycles. The molecule has 0 bridgehead atoms. The molecule has 0 saturated heterocycles. The molecule has 1 rings (SSSR count). The number of rotatable bonds is 6. The van der Waals surface area contributed by atoms with E-state index >= 15 is 0 Å². The number of benzene rings is 1. The second-order valence-electron chi connectivity index (χ2n) is 4.76. The molecule has 110 valence electrons.